The average molecular weight is 499 g/mol. The van der Waals surface area contributed by atoms with E-state index in [9.17, 15) is 4.39 Å². The van der Waals surface area contributed by atoms with E-state index in [1.54, 1.807) is 38.6 Å². The summed E-state index contributed by atoms with van der Waals surface area (Å²) in [5, 5.41) is 4.99. The molecule has 1 saturated heterocycles. The Labute approximate surface area is 209 Å². The summed E-state index contributed by atoms with van der Waals surface area (Å²) in [4.78, 5) is 11.5. The monoisotopic (exact) mass is 498 g/mol. The van der Waals surface area contributed by atoms with Crippen LogP contribution >= 0.6 is 11.3 Å². The Balaban J connectivity index is 1.37. The molecule has 0 atom stereocenters. The number of thiazole rings is 1. The van der Waals surface area contributed by atoms with E-state index in [-0.39, 0.29) is 23.8 Å². The zero-order chi connectivity index (χ0) is 24.6. The molecule has 0 unspecified atom stereocenters. The normalized spacial score (nSPS) is 19.5. The first-order chi connectivity index (χ1) is 17.1. The van der Waals surface area contributed by atoms with Gasteiger partial charge in [-0.2, -0.15) is 0 Å². The fraction of sp³-hybridized carbons (Fsp3) is 0.385. The number of rotatable bonds is 10. The molecule has 0 amide bonds. The van der Waals surface area contributed by atoms with Crippen LogP contribution in [-0.2, 0) is 14.2 Å². The molecule has 1 N–H and O–H groups in total. The molecule has 1 aromatic heterocycles. The third-order valence-electron chi connectivity index (χ3n) is 5.81. The first kappa shape index (κ1) is 24.9. The molecule has 2 aliphatic carbocycles. The second kappa shape index (κ2) is 12.0. The van der Waals surface area contributed by atoms with Gasteiger partial charge in [0.1, 0.15) is 11.6 Å². The molecule has 35 heavy (non-hydrogen) atoms. The summed E-state index contributed by atoms with van der Waals surface area (Å²) in [7, 11) is 3.18. The first-order valence-corrected chi connectivity index (χ1v) is 12.5. The van der Waals surface area contributed by atoms with Crippen LogP contribution in [0, 0.1) is 0 Å². The highest BCUT2D eigenvalue weighted by Crippen LogP contribution is 2.21. The molecular formula is C26H31FN4O3S. The molecule has 186 valence electrons. The SMILES string of the molecule is C=C(/C=C\N=C1C=C(OC)C(OC)=CC1)OC1=C(F)CC=c2nc(NCCN3CCCC3)sc2=C1. The number of hydrogen-bond donors (Lipinski definition) is 1. The summed E-state index contributed by atoms with van der Waals surface area (Å²) < 4.78 is 31.8. The lowest BCUT2D eigenvalue weighted by molar-refractivity contribution is 0.219. The minimum Gasteiger partial charge on any atom is -0.493 e. The number of fused-ring (bicyclic) bond motifs is 1. The molecule has 1 aromatic rings. The number of halogens is 1. The molecule has 1 fully saturated rings. The van der Waals surface area contributed by atoms with Crippen LogP contribution in [0.15, 0.2) is 64.9 Å². The van der Waals surface area contributed by atoms with E-state index in [2.05, 4.69) is 26.8 Å². The highest BCUT2D eigenvalue weighted by atomic mass is 32.1. The van der Waals surface area contributed by atoms with Gasteiger partial charge >= 0.3 is 0 Å². The number of allylic oxidation sites excluding steroid dienone is 5. The van der Waals surface area contributed by atoms with Gasteiger partial charge in [0.25, 0.3) is 0 Å². The predicted molar refractivity (Wildman–Crippen MR) is 139 cm³/mol. The van der Waals surface area contributed by atoms with Crippen molar-refractivity contribution in [3.63, 3.8) is 0 Å². The van der Waals surface area contributed by atoms with Crippen molar-refractivity contribution in [3.8, 4) is 0 Å². The third kappa shape index (κ3) is 6.70. The molecule has 9 heteroatoms. The van der Waals surface area contributed by atoms with Crippen molar-refractivity contribution in [2.75, 3.05) is 45.7 Å². The second-order valence-corrected chi connectivity index (χ2v) is 9.29. The van der Waals surface area contributed by atoms with Crippen LogP contribution in [0.25, 0.3) is 12.2 Å². The quantitative estimate of drug-likeness (QED) is 0.392. The molecular weight excluding hydrogens is 467 g/mol. The van der Waals surface area contributed by atoms with E-state index in [0.29, 0.717) is 17.9 Å². The van der Waals surface area contributed by atoms with Crippen molar-refractivity contribution in [1.82, 2.24) is 9.88 Å². The highest BCUT2D eigenvalue weighted by Gasteiger charge is 2.14. The summed E-state index contributed by atoms with van der Waals surface area (Å²) >= 11 is 1.49. The average Bonchev–Trinajstić information content (AvgIpc) is 3.49. The van der Waals surface area contributed by atoms with Gasteiger partial charge in [-0.15, -0.1) is 0 Å². The largest absolute Gasteiger partial charge is 0.493 e. The molecule has 7 nitrogen and oxygen atoms in total. The predicted octanol–water partition coefficient (Wildman–Crippen LogP) is 3.75. The van der Waals surface area contributed by atoms with Crippen LogP contribution in [0.3, 0.4) is 0 Å². The Bertz CT molecular complexity index is 1220. The molecule has 2 heterocycles. The molecule has 0 aromatic carbocycles. The standard InChI is InChI=1S/C26H31FN4O3S/c1-18(10-11-28-19-6-9-22(32-2)24(16-19)33-3)34-23-17-25-21(8-7-20(23)27)30-26(35-25)29-12-15-31-13-4-5-14-31/h8-11,16-17H,1,4-7,12-15H2,2-3H3,(H,29,30)/b11-10-,28-19?. The lowest BCUT2D eigenvalue weighted by atomic mass is 10.1. The number of nitrogens with zero attached hydrogens (tertiary/aromatic N) is 3. The van der Waals surface area contributed by atoms with E-state index >= 15 is 0 Å². The summed E-state index contributed by atoms with van der Waals surface area (Å²) in [6.45, 7) is 8.07. The summed E-state index contributed by atoms with van der Waals surface area (Å²) in [5.74, 6) is 1.35. The summed E-state index contributed by atoms with van der Waals surface area (Å²) in [5.41, 5.74) is 0.798. The second-order valence-electron chi connectivity index (χ2n) is 8.26. The van der Waals surface area contributed by atoms with Crippen LogP contribution in [-0.4, -0.2) is 56.0 Å². The summed E-state index contributed by atoms with van der Waals surface area (Å²) in [6, 6.07) is 0. The van der Waals surface area contributed by atoms with Crippen LogP contribution in [0.1, 0.15) is 25.7 Å². The molecule has 0 spiro atoms. The van der Waals surface area contributed by atoms with Gasteiger partial charge in [-0.25, -0.2) is 9.37 Å². The van der Waals surface area contributed by atoms with E-state index in [1.165, 1.54) is 37.3 Å². The van der Waals surface area contributed by atoms with Crippen LogP contribution in [0.5, 0.6) is 0 Å². The number of methoxy groups -OCH3 is 2. The van der Waals surface area contributed by atoms with Crippen molar-refractivity contribution < 1.29 is 18.6 Å². The van der Waals surface area contributed by atoms with Crippen LogP contribution in [0.4, 0.5) is 9.52 Å². The van der Waals surface area contributed by atoms with E-state index in [4.69, 9.17) is 14.2 Å². The molecule has 4 rings (SSSR count). The van der Waals surface area contributed by atoms with E-state index in [1.807, 2.05) is 12.2 Å². The van der Waals surface area contributed by atoms with Crippen LogP contribution < -0.4 is 15.2 Å². The maximum atomic E-state index is 14.7. The van der Waals surface area contributed by atoms with Gasteiger partial charge in [0.15, 0.2) is 22.4 Å². The van der Waals surface area contributed by atoms with Crippen molar-refractivity contribution in [1.29, 1.82) is 0 Å². The Morgan fingerprint density at radius 1 is 1.20 bits per heavy atom. The van der Waals surface area contributed by atoms with Crippen molar-refractivity contribution >= 4 is 34.3 Å². The fourth-order valence-electron chi connectivity index (χ4n) is 3.97. The number of aliphatic imine (C=N–C) groups is 1. The number of aromatic nitrogens is 1. The Morgan fingerprint density at radius 2 is 2.00 bits per heavy atom. The maximum Gasteiger partial charge on any atom is 0.183 e. The minimum atomic E-state index is -0.364. The first-order valence-electron chi connectivity index (χ1n) is 11.7. The molecule has 1 aliphatic heterocycles. The molecule has 0 bridgehead atoms. The highest BCUT2D eigenvalue weighted by molar-refractivity contribution is 7.13. The minimum absolute atomic E-state index is 0.119. The van der Waals surface area contributed by atoms with Gasteiger partial charge in [0.2, 0.25) is 0 Å². The van der Waals surface area contributed by atoms with Gasteiger partial charge in [-0.05, 0) is 38.1 Å². The van der Waals surface area contributed by atoms with Crippen molar-refractivity contribution in [2.45, 2.75) is 25.7 Å². The number of likely N-dealkylation sites (tertiary alicyclic amines) is 1. The Hall–Kier alpha value is -3.17. The van der Waals surface area contributed by atoms with Crippen molar-refractivity contribution in [2.24, 2.45) is 4.99 Å². The smallest absolute Gasteiger partial charge is 0.183 e. The number of nitrogens with one attached hydrogen (secondary N) is 1. The third-order valence-corrected chi connectivity index (χ3v) is 6.78. The zero-order valence-corrected chi connectivity index (χ0v) is 21.0. The van der Waals surface area contributed by atoms with E-state index < -0.39 is 0 Å². The molecule has 0 radical (unpaired) electrons. The van der Waals surface area contributed by atoms with Gasteiger partial charge < -0.3 is 24.4 Å². The Morgan fingerprint density at radius 3 is 2.77 bits per heavy atom. The maximum absolute atomic E-state index is 14.7. The Kier molecular flexibility index (Phi) is 8.54. The van der Waals surface area contributed by atoms with Gasteiger partial charge in [-0.3, -0.25) is 4.99 Å². The molecule has 0 saturated carbocycles. The van der Waals surface area contributed by atoms with Crippen LogP contribution in [0.2, 0.25) is 0 Å². The van der Waals surface area contributed by atoms with Crippen molar-refractivity contribution in [3.05, 3.63) is 69.8 Å². The van der Waals surface area contributed by atoms with Gasteiger partial charge in [0.05, 0.1) is 24.1 Å². The number of ether oxygens (including phenoxy) is 3. The lowest BCUT2D eigenvalue weighted by Crippen LogP contribution is -2.26. The zero-order valence-electron chi connectivity index (χ0n) is 20.2. The molecule has 3 aliphatic rings. The lowest BCUT2D eigenvalue weighted by Gasteiger charge is -2.14. The fourth-order valence-corrected chi connectivity index (χ4v) is 4.90. The summed E-state index contributed by atoms with van der Waals surface area (Å²) in [6.07, 6.45) is 13.7. The number of anilines is 1. The number of hydrogen-bond acceptors (Lipinski definition) is 8. The topological polar surface area (TPSA) is 68.2 Å². The van der Waals surface area contributed by atoms with E-state index in [0.717, 1.165) is 33.8 Å². The van der Waals surface area contributed by atoms with Gasteiger partial charge in [-0.1, -0.05) is 24.0 Å². The van der Waals surface area contributed by atoms with Gasteiger partial charge in [0, 0.05) is 50.0 Å².